The Labute approximate surface area is 178 Å². The fraction of sp³-hybridized carbons (Fsp3) is 0.429. The molecule has 170 valence electrons. The number of hydrogen-bond donors (Lipinski definition) is 2. The number of alkyl halides is 6. The molecule has 1 aromatic carbocycles. The number of nitrogens with zero attached hydrogens (tertiary/aromatic N) is 3. The van der Waals surface area contributed by atoms with Gasteiger partial charge in [-0.2, -0.15) is 31.3 Å². The lowest BCUT2D eigenvalue weighted by Gasteiger charge is -2.30. The molecular formula is C21H19F6N5. The minimum absolute atomic E-state index is 0.00825. The van der Waals surface area contributed by atoms with Crippen LogP contribution in [-0.2, 0) is 12.4 Å². The van der Waals surface area contributed by atoms with Crippen molar-refractivity contribution in [1.29, 1.82) is 0 Å². The lowest BCUT2D eigenvalue weighted by Crippen LogP contribution is -2.45. The first-order chi connectivity index (χ1) is 15.1. The van der Waals surface area contributed by atoms with Gasteiger partial charge in [-0.25, -0.2) is 4.52 Å². The summed E-state index contributed by atoms with van der Waals surface area (Å²) in [7, 11) is 0. The van der Waals surface area contributed by atoms with Crippen LogP contribution in [0.25, 0.3) is 16.8 Å². The van der Waals surface area contributed by atoms with E-state index in [-0.39, 0.29) is 28.8 Å². The molecule has 0 spiro atoms. The molecule has 0 unspecified atom stereocenters. The van der Waals surface area contributed by atoms with Gasteiger partial charge >= 0.3 is 12.4 Å². The second-order valence-corrected chi connectivity index (χ2v) is 8.27. The maximum Gasteiger partial charge on any atom is 0.433 e. The van der Waals surface area contributed by atoms with Crippen molar-refractivity contribution in [2.24, 2.45) is 11.8 Å². The highest BCUT2D eigenvalue weighted by Crippen LogP contribution is 2.40. The number of benzene rings is 1. The van der Waals surface area contributed by atoms with Crippen LogP contribution in [0.1, 0.15) is 24.1 Å². The van der Waals surface area contributed by atoms with Crippen molar-refractivity contribution < 1.29 is 26.3 Å². The monoisotopic (exact) mass is 455 g/mol. The van der Waals surface area contributed by atoms with Crippen molar-refractivity contribution in [3.05, 3.63) is 47.7 Å². The van der Waals surface area contributed by atoms with Crippen LogP contribution >= 0.6 is 0 Å². The number of pyridine rings is 1. The third-order valence-corrected chi connectivity index (χ3v) is 6.33. The molecule has 0 radical (unpaired) electrons. The first kappa shape index (κ1) is 21.0. The van der Waals surface area contributed by atoms with Gasteiger partial charge in [0.05, 0.1) is 5.56 Å². The third kappa shape index (κ3) is 3.58. The lowest BCUT2D eigenvalue weighted by molar-refractivity contribution is -0.142. The van der Waals surface area contributed by atoms with E-state index in [1.165, 1.54) is 18.2 Å². The first-order valence-electron chi connectivity index (χ1n) is 10.2. The molecule has 3 heterocycles. The van der Waals surface area contributed by atoms with Crippen LogP contribution in [0, 0.1) is 11.8 Å². The van der Waals surface area contributed by atoms with E-state index < -0.39 is 23.6 Å². The van der Waals surface area contributed by atoms with Crippen LogP contribution in [0.4, 0.5) is 32.3 Å². The van der Waals surface area contributed by atoms with Gasteiger partial charge in [0.2, 0.25) is 5.95 Å². The van der Waals surface area contributed by atoms with Gasteiger partial charge < -0.3 is 10.6 Å². The maximum atomic E-state index is 13.6. The number of rotatable bonds is 3. The van der Waals surface area contributed by atoms with Gasteiger partial charge in [-0.1, -0.05) is 18.2 Å². The molecule has 0 amide bonds. The summed E-state index contributed by atoms with van der Waals surface area (Å²) in [6.07, 6.45) is -7.45. The van der Waals surface area contributed by atoms with Crippen LogP contribution in [0.5, 0.6) is 0 Å². The molecule has 1 saturated carbocycles. The van der Waals surface area contributed by atoms with Crippen molar-refractivity contribution in [2.75, 3.05) is 18.4 Å². The Hall–Kier alpha value is -2.82. The Kier molecular flexibility index (Phi) is 4.84. The van der Waals surface area contributed by atoms with Crippen LogP contribution in [-0.4, -0.2) is 33.7 Å². The standard InChI is InChI=1S/C21H19F6N5/c22-20(23,24)15-4-2-1-3-13(15)14-7-8-16(21(25,26)27)32-18(14)30-19(31-32)29-17-11-5-6-12(17)10-28-9-11/h1-4,7-8,11-12,17,28H,5-6,9-10H2,(H,29,31)/t11-,12+,17-. The van der Waals surface area contributed by atoms with Crippen LogP contribution in [0.15, 0.2) is 36.4 Å². The van der Waals surface area contributed by atoms with Crippen molar-refractivity contribution in [2.45, 2.75) is 31.2 Å². The van der Waals surface area contributed by atoms with Crippen LogP contribution in [0.2, 0.25) is 0 Å². The van der Waals surface area contributed by atoms with E-state index in [2.05, 4.69) is 20.7 Å². The van der Waals surface area contributed by atoms with Gasteiger partial charge in [0.1, 0.15) is 5.69 Å². The van der Waals surface area contributed by atoms with E-state index in [1.807, 2.05) is 0 Å². The Bertz CT molecular complexity index is 1140. The second-order valence-electron chi connectivity index (χ2n) is 8.27. The van der Waals surface area contributed by atoms with E-state index in [0.717, 1.165) is 44.1 Å². The number of halogens is 6. The highest BCUT2D eigenvalue weighted by atomic mass is 19.4. The zero-order chi connectivity index (χ0) is 22.7. The molecule has 5 rings (SSSR count). The topological polar surface area (TPSA) is 54.2 Å². The van der Waals surface area contributed by atoms with Crippen molar-refractivity contribution >= 4 is 11.6 Å². The molecule has 1 saturated heterocycles. The Morgan fingerprint density at radius 3 is 2.22 bits per heavy atom. The third-order valence-electron chi connectivity index (χ3n) is 6.33. The number of piperidine rings is 1. The Morgan fingerprint density at radius 2 is 1.56 bits per heavy atom. The molecule has 2 aliphatic rings. The zero-order valence-electron chi connectivity index (χ0n) is 16.6. The van der Waals surface area contributed by atoms with Gasteiger partial charge in [-0.3, -0.25) is 0 Å². The van der Waals surface area contributed by atoms with E-state index >= 15 is 0 Å². The van der Waals surface area contributed by atoms with E-state index in [0.29, 0.717) is 16.4 Å². The van der Waals surface area contributed by atoms with Crippen molar-refractivity contribution in [1.82, 2.24) is 19.9 Å². The summed E-state index contributed by atoms with van der Waals surface area (Å²) in [5, 5.41) is 10.5. The minimum Gasteiger partial charge on any atom is -0.350 e. The summed E-state index contributed by atoms with van der Waals surface area (Å²) in [6.45, 7) is 1.58. The molecule has 3 aromatic rings. The quantitative estimate of drug-likeness (QED) is 0.555. The number of hydrogen-bond acceptors (Lipinski definition) is 4. The number of aromatic nitrogens is 3. The molecule has 3 atom stereocenters. The normalized spacial score (nSPS) is 23.6. The number of fused-ring (bicyclic) bond motifs is 3. The van der Waals surface area contributed by atoms with Crippen molar-refractivity contribution in [3.63, 3.8) is 0 Å². The molecule has 2 N–H and O–H groups in total. The molecule has 1 aliphatic carbocycles. The molecule has 11 heteroatoms. The average Bonchev–Trinajstić information content (AvgIpc) is 3.22. The molecular weight excluding hydrogens is 436 g/mol. The fourth-order valence-electron chi connectivity index (χ4n) is 4.88. The summed E-state index contributed by atoms with van der Waals surface area (Å²) >= 11 is 0. The summed E-state index contributed by atoms with van der Waals surface area (Å²) < 4.78 is 82.2. The predicted octanol–water partition coefficient (Wildman–Crippen LogP) is 4.84. The smallest absolute Gasteiger partial charge is 0.350 e. The second kappa shape index (κ2) is 7.36. The van der Waals surface area contributed by atoms with E-state index in [1.54, 1.807) is 0 Å². The zero-order valence-corrected chi connectivity index (χ0v) is 16.6. The Balaban J connectivity index is 1.65. The summed E-state index contributed by atoms with van der Waals surface area (Å²) in [5.41, 5.74) is -2.65. The van der Waals surface area contributed by atoms with Gasteiger partial charge in [0.25, 0.3) is 0 Å². The van der Waals surface area contributed by atoms with Gasteiger partial charge in [-0.05, 0) is 61.5 Å². The Morgan fingerprint density at radius 1 is 0.875 bits per heavy atom. The molecule has 1 aliphatic heterocycles. The highest BCUT2D eigenvalue weighted by Gasteiger charge is 2.40. The molecule has 5 nitrogen and oxygen atoms in total. The van der Waals surface area contributed by atoms with E-state index in [9.17, 15) is 26.3 Å². The van der Waals surface area contributed by atoms with Crippen LogP contribution < -0.4 is 10.6 Å². The predicted molar refractivity (Wildman–Crippen MR) is 105 cm³/mol. The average molecular weight is 455 g/mol. The summed E-state index contributed by atoms with van der Waals surface area (Å²) in [6, 6.07) is 6.52. The van der Waals surface area contributed by atoms with Gasteiger partial charge in [0, 0.05) is 11.6 Å². The van der Waals surface area contributed by atoms with Crippen LogP contribution in [0.3, 0.4) is 0 Å². The fourth-order valence-corrected chi connectivity index (χ4v) is 4.88. The summed E-state index contributed by atoms with van der Waals surface area (Å²) in [4.78, 5) is 4.23. The van der Waals surface area contributed by atoms with Gasteiger partial charge in [-0.15, -0.1) is 5.10 Å². The lowest BCUT2D eigenvalue weighted by atomic mass is 9.94. The number of anilines is 1. The van der Waals surface area contributed by atoms with E-state index in [4.69, 9.17) is 0 Å². The molecule has 32 heavy (non-hydrogen) atoms. The molecule has 2 fully saturated rings. The number of nitrogens with one attached hydrogen (secondary N) is 2. The SMILES string of the molecule is FC(F)(F)c1ccccc1-c1ccc(C(F)(F)F)n2nc(N[C@@H]3[C@@H]4CC[C@H]3CNC4)nc12. The largest absolute Gasteiger partial charge is 0.433 e. The maximum absolute atomic E-state index is 13.6. The molecule has 2 aromatic heterocycles. The first-order valence-corrected chi connectivity index (χ1v) is 10.2. The highest BCUT2D eigenvalue weighted by molar-refractivity contribution is 5.80. The van der Waals surface area contributed by atoms with Crippen molar-refractivity contribution in [3.8, 4) is 11.1 Å². The van der Waals surface area contributed by atoms with Gasteiger partial charge in [0.15, 0.2) is 5.65 Å². The molecule has 2 bridgehead atoms. The summed E-state index contributed by atoms with van der Waals surface area (Å²) in [5.74, 6) is 0.581. The minimum atomic E-state index is -4.75.